The third-order valence-corrected chi connectivity index (χ3v) is 4.46. The monoisotopic (exact) mass is 298 g/mol. The molecular weight excluding hydrogens is 272 g/mol. The lowest BCUT2D eigenvalue weighted by molar-refractivity contribution is 0.597. The molecule has 0 aliphatic carbocycles. The van der Waals surface area contributed by atoms with E-state index in [-0.39, 0.29) is 4.90 Å². The van der Waals surface area contributed by atoms with Crippen LogP contribution in [0.3, 0.4) is 0 Å². The van der Waals surface area contributed by atoms with Crippen molar-refractivity contribution in [3.05, 3.63) is 23.3 Å². The molecule has 1 aromatic rings. The maximum Gasteiger partial charge on any atom is 0.238 e. The van der Waals surface area contributed by atoms with Gasteiger partial charge in [0.15, 0.2) is 0 Å². The van der Waals surface area contributed by atoms with E-state index in [4.69, 9.17) is 5.14 Å². The summed E-state index contributed by atoms with van der Waals surface area (Å²) in [5.74, 6) is 0. The third-order valence-electron chi connectivity index (χ3n) is 3.57. The van der Waals surface area contributed by atoms with E-state index in [1.54, 1.807) is 12.1 Å². The fourth-order valence-electron chi connectivity index (χ4n) is 2.13. The van der Waals surface area contributed by atoms with E-state index in [0.717, 1.165) is 29.8 Å². The molecule has 0 bridgehead atoms. The van der Waals surface area contributed by atoms with Crippen LogP contribution in [0.25, 0.3) is 0 Å². The molecule has 0 spiro atoms. The number of rotatable bonds is 8. The number of nitrogens with two attached hydrogens (primary N) is 1. The number of hydrogen-bond acceptors (Lipinski definition) is 3. The molecule has 0 aliphatic rings. The molecule has 0 amide bonds. The highest BCUT2D eigenvalue weighted by Gasteiger charge is 2.12. The molecule has 0 atom stereocenters. The topological polar surface area (TPSA) is 72.2 Å². The average molecular weight is 298 g/mol. The highest BCUT2D eigenvalue weighted by atomic mass is 32.2. The Bertz CT molecular complexity index is 539. The molecule has 0 heterocycles. The quantitative estimate of drug-likeness (QED) is 0.723. The minimum Gasteiger partial charge on any atom is -0.385 e. The van der Waals surface area contributed by atoms with Crippen LogP contribution in [-0.2, 0) is 10.0 Å². The van der Waals surface area contributed by atoms with Gasteiger partial charge in [0.1, 0.15) is 0 Å². The first-order valence-electron chi connectivity index (χ1n) is 7.24. The van der Waals surface area contributed by atoms with Crippen LogP contribution in [0.15, 0.2) is 17.0 Å². The van der Waals surface area contributed by atoms with E-state index in [1.165, 1.54) is 25.7 Å². The Labute approximate surface area is 122 Å². The first-order chi connectivity index (χ1) is 9.36. The molecule has 0 fully saturated rings. The Morgan fingerprint density at radius 1 is 1.10 bits per heavy atom. The van der Waals surface area contributed by atoms with Crippen LogP contribution in [0.5, 0.6) is 0 Å². The number of primary sulfonamides is 1. The summed E-state index contributed by atoms with van der Waals surface area (Å²) in [4.78, 5) is 0.175. The van der Waals surface area contributed by atoms with Gasteiger partial charge in [-0.3, -0.25) is 0 Å². The summed E-state index contributed by atoms with van der Waals surface area (Å²) in [6.45, 7) is 6.94. The van der Waals surface area contributed by atoms with Gasteiger partial charge in [-0.15, -0.1) is 0 Å². The van der Waals surface area contributed by atoms with Crippen LogP contribution in [-0.4, -0.2) is 15.0 Å². The van der Waals surface area contributed by atoms with Gasteiger partial charge in [-0.2, -0.15) is 0 Å². The Kier molecular flexibility index (Phi) is 6.49. The lowest BCUT2D eigenvalue weighted by Gasteiger charge is -2.13. The molecular formula is C15H26N2O2S. The first kappa shape index (κ1) is 17.0. The molecule has 4 nitrogen and oxygen atoms in total. The largest absolute Gasteiger partial charge is 0.385 e. The SMILES string of the molecule is CCCCCCCNc1cc(S(N)(=O)=O)cc(C)c1C. The van der Waals surface area contributed by atoms with Crippen LogP contribution in [0, 0.1) is 13.8 Å². The van der Waals surface area contributed by atoms with Gasteiger partial charge in [-0.25, -0.2) is 13.6 Å². The normalized spacial score (nSPS) is 11.6. The zero-order valence-corrected chi connectivity index (χ0v) is 13.5. The lowest BCUT2D eigenvalue weighted by atomic mass is 10.1. The van der Waals surface area contributed by atoms with Crippen molar-refractivity contribution in [2.24, 2.45) is 5.14 Å². The van der Waals surface area contributed by atoms with Crippen molar-refractivity contribution in [1.82, 2.24) is 0 Å². The zero-order chi connectivity index (χ0) is 15.2. The van der Waals surface area contributed by atoms with Gasteiger partial charge in [0.2, 0.25) is 10.0 Å². The molecule has 1 rings (SSSR count). The van der Waals surface area contributed by atoms with Crippen molar-refractivity contribution in [1.29, 1.82) is 0 Å². The molecule has 0 aromatic heterocycles. The Morgan fingerprint density at radius 3 is 2.35 bits per heavy atom. The van der Waals surface area contributed by atoms with Crippen molar-refractivity contribution in [2.75, 3.05) is 11.9 Å². The highest BCUT2D eigenvalue weighted by Crippen LogP contribution is 2.23. The summed E-state index contributed by atoms with van der Waals surface area (Å²) in [5.41, 5.74) is 2.88. The first-order valence-corrected chi connectivity index (χ1v) is 8.78. The molecule has 0 saturated carbocycles. The van der Waals surface area contributed by atoms with Gasteiger partial charge in [-0.05, 0) is 43.5 Å². The maximum atomic E-state index is 11.4. The van der Waals surface area contributed by atoms with E-state index >= 15 is 0 Å². The molecule has 114 valence electrons. The van der Waals surface area contributed by atoms with Gasteiger partial charge in [0.05, 0.1) is 4.90 Å². The molecule has 0 saturated heterocycles. The highest BCUT2D eigenvalue weighted by molar-refractivity contribution is 7.89. The maximum absolute atomic E-state index is 11.4. The predicted molar refractivity (Wildman–Crippen MR) is 84.5 cm³/mol. The van der Waals surface area contributed by atoms with Gasteiger partial charge < -0.3 is 5.32 Å². The number of anilines is 1. The Hall–Kier alpha value is -1.07. The van der Waals surface area contributed by atoms with Crippen molar-refractivity contribution in [3.8, 4) is 0 Å². The molecule has 20 heavy (non-hydrogen) atoms. The zero-order valence-electron chi connectivity index (χ0n) is 12.7. The number of unbranched alkanes of at least 4 members (excludes halogenated alkanes) is 4. The summed E-state index contributed by atoms with van der Waals surface area (Å²) in [5, 5.41) is 8.52. The van der Waals surface area contributed by atoms with E-state index in [0.29, 0.717) is 0 Å². The smallest absolute Gasteiger partial charge is 0.238 e. The van der Waals surface area contributed by atoms with Crippen molar-refractivity contribution in [3.63, 3.8) is 0 Å². The van der Waals surface area contributed by atoms with Gasteiger partial charge in [0.25, 0.3) is 0 Å². The van der Waals surface area contributed by atoms with Crippen LogP contribution in [0.4, 0.5) is 5.69 Å². The van der Waals surface area contributed by atoms with Crippen LogP contribution in [0.2, 0.25) is 0 Å². The van der Waals surface area contributed by atoms with E-state index in [2.05, 4.69) is 12.2 Å². The van der Waals surface area contributed by atoms with Crippen molar-refractivity contribution >= 4 is 15.7 Å². The third kappa shape index (κ3) is 5.13. The number of benzene rings is 1. The second-order valence-corrected chi connectivity index (χ2v) is 6.86. The van der Waals surface area contributed by atoms with E-state index in [9.17, 15) is 8.42 Å². The minimum absolute atomic E-state index is 0.175. The van der Waals surface area contributed by atoms with Crippen LogP contribution >= 0.6 is 0 Å². The summed E-state index contributed by atoms with van der Waals surface area (Å²) >= 11 is 0. The average Bonchev–Trinajstić information content (AvgIpc) is 2.37. The second-order valence-electron chi connectivity index (χ2n) is 5.30. The van der Waals surface area contributed by atoms with Crippen LogP contribution < -0.4 is 10.5 Å². The molecule has 0 radical (unpaired) electrons. The van der Waals surface area contributed by atoms with Gasteiger partial charge in [-0.1, -0.05) is 32.6 Å². The summed E-state index contributed by atoms with van der Waals surface area (Å²) < 4.78 is 22.9. The fourth-order valence-corrected chi connectivity index (χ4v) is 2.75. The summed E-state index contributed by atoms with van der Waals surface area (Å²) in [6.07, 6.45) is 6.07. The molecule has 0 unspecified atom stereocenters. The van der Waals surface area contributed by atoms with Gasteiger partial charge in [0, 0.05) is 12.2 Å². The summed E-state index contributed by atoms with van der Waals surface area (Å²) in [7, 11) is -3.65. The minimum atomic E-state index is -3.65. The predicted octanol–water partition coefficient (Wildman–Crippen LogP) is 3.33. The van der Waals surface area contributed by atoms with Crippen molar-refractivity contribution < 1.29 is 8.42 Å². The molecule has 5 heteroatoms. The van der Waals surface area contributed by atoms with Crippen LogP contribution in [0.1, 0.15) is 50.2 Å². The van der Waals surface area contributed by atoms with Crippen molar-refractivity contribution in [2.45, 2.75) is 57.8 Å². The Morgan fingerprint density at radius 2 is 1.75 bits per heavy atom. The molecule has 3 N–H and O–H groups in total. The van der Waals surface area contributed by atoms with Gasteiger partial charge >= 0.3 is 0 Å². The number of hydrogen-bond donors (Lipinski definition) is 2. The van der Waals surface area contributed by atoms with E-state index in [1.807, 2.05) is 13.8 Å². The lowest BCUT2D eigenvalue weighted by Crippen LogP contribution is -2.14. The Balaban J connectivity index is 2.68. The standard InChI is InChI=1S/C15H26N2O2S/c1-4-5-6-7-8-9-17-15-11-14(20(16,18)19)10-12(2)13(15)3/h10-11,17H,4-9H2,1-3H3,(H2,16,18,19). The fraction of sp³-hybridized carbons (Fsp3) is 0.600. The molecule has 1 aromatic carbocycles. The number of nitrogens with one attached hydrogen (secondary N) is 1. The number of aryl methyl sites for hydroxylation is 1. The summed E-state index contributed by atoms with van der Waals surface area (Å²) in [6, 6.07) is 3.25. The molecule has 0 aliphatic heterocycles. The van der Waals surface area contributed by atoms with E-state index < -0.39 is 10.0 Å². The number of sulfonamides is 1. The second kappa shape index (κ2) is 7.64.